The Hall–Kier alpha value is -2.47. The summed E-state index contributed by atoms with van der Waals surface area (Å²) < 4.78 is 24.4. The molecule has 1 unspecified atom stereocenters. The van der Waals surface area contributed by atoms with Gasteiger partial charge in [0.05, 0.1) is 18.7 Å². The van der Waals surface area contributed by atoms with Crippen LogP contribution < -0.4 is 20.5 Å². The fourth-order valence-electron chi connectivity index (χ4n) is 2.10. The van der Waals surface area contributed by atoms with Gasteiger partial charge in [-0.25, -0.2) is 9.38 Å². The predicted molar refractivity (Wildman–Crippen MR) is 99.2 cm³/mol. The van der Waals surface area contributed by atoms with Gasteiger partial charge >= 0.3 is 0 Å². The Morgan fingerprint density at radius 1 is 1.28 bits per heavy atom. The second-order valence-electron chi connectivity index (χ2n) is 5.28. The van der Waals surface area contributed by atoms with Crippen LogP contribution in [0.15, 0.2) is 47.5 Å². The van der Waals surface area contributed by atoms with Gasteiger partial charge in [-0.1, -0.05) is 30.7 Å². The second kappa shape index (κ2) is 9.13. The van der Waals surface area contributed by atoms with E-state index in [1.54, 1.807) is 43.5 Å². The number of para-hydroxylation sites is 1. The molecule has 0 aliphatic rings. The number of aliphatic imine (C=N–C) groups is 1. The lowest BCUT2D eigenvalue weighted by Crippen LogP contribution is -2.26. The lowest BCUT2D eigenvalue weighted by Gasteiger charge is -2.16. The molecule has 0 fully saturated rings. The van der Waals surface area contributed by atoms with Gasteiger partial charge in [0.2, 0.25) is 0 Å². The Balaban J connectivity index is 1.96. The summed E-state index contributed by atoms with van der Waals surface area (Å²) in [5, 5.41) is 3.41. The van der Waals surface area contributed by atoms with E-state index in [4.69, 9.17) is 26.8 Å². The zero-order valence-corrected chi connectivity index (χ0v) is 14.9. The molecular formula is C18H21ClFN3O2. The molecule has 5 nitrogen and oxygen atoms in total. The van der Waals surface area contributed by atoms with E-state index in [0.717, 1.165) is 0 Å². The highest BCUT2D eigenvalue weighted by atomic mass is 35.5. The maximum absolute atomic E-state index is 13.7. The molecule has 0 saturated heterocycles. The molecule has 2 aromatic carbocycles. The third-order valence-corrected chi connectivity index (χ3v) is 3.77. The topological polar surface area (TPSA) is 68.9 Å². The van der Waals surface area contributed by atoms with Gasteiger partial charge in [0.1, 0.15) is 11.9 Å². The molecule has 0 spiro atoms. The largest absolute Gasteiger partial charge is 0.495 e. The minimum Gasteiger partial charge on any atom is -0.495 e. The van der Waals surface area contributed by atoms with Gasteiger partial charge in [-0.2, -0.15) is 0 Å². The van der Waals surface area contributed by atoms with Crippen molar-refractivity contribution >= 4 is 23.2 Å². The molecule has 0 radical (unpaired) electrons. The molecule has 0 aromatic heterocycles. The highest BCUT2D eigenvalue weighted by molar-refractivity contribution is 6.32. The third-order valence-electron chi connectivity index (χ3n) is 3.48. The van der Waals surface area contributed by atoms with Gasteiger partial charge in [-0.05, 0) is 36.8 Å². The summed E-state index contributed by atoms with van der Waals surface area (Å²) in [6.45, 7) is 2.24. The molecule has 0 saturated carbocycles. The third kappa shape index (κ3) is 5.53. The second-order valence-corrected chi connectivity index (χ2v) is 5.69. The van der Waals surface area contributed by atoms with Crippen molar-refractivity contribution < 1.29 is 13.9 Å². The monoisotopic (exact) mass is 365 g/mol. The van der Waals surface area contributed by atoms with Crippen LogP contribution in [0.3, 0.4) is 0 Å². The average Bonchev–Trinajstić information content (AvgIpc) is 2.60. The lowest BCUT2D eigenvalue weighted by molar-refractivity contribution is 0.197. The van der Waals surface area contributed by atoms with E-state index in [1.165, 1.54) is 6.07 Å². The van der Waals surface area contributed by atoms with E-state index in [0.29, 0.717) is 29.4 Å². The molecule has 0 bridgehead atoms. The standard InChI is InChI=1S/C18H21ClFN3O2/c1-3-13(25-17-7-5-4-6-15(17)20)11-22-18(21)23-12-8-9-16(24-2)14(19)10-12/h4-10,13H,3,11H2,1-2H3,(H3,21,22,23). The van der Waals surface area contributed by atoms with Gasteiger partial charge in [0.15, 0.2) is 17.5 Å². The van der Waals surface area contributed by atoms with Gasteiger partial charge in [0, 0.05) is 5.69 Å². The van der Waals surface area contributed by atoms with E-state index >= 15 is 0 Å². The van der Waals surface area contributed by atoms with Gasteiger partial charge in [0.25, 0.3) is 0 Å². The summed E-state index contributed by atoms with van der Waals surface area (Å²) >= 11 is 6.07. The smallest absolute Gasteiger partial charge is 0.193 e. The summed E-state index contributed by atoms with van der Waals surface area (Å²) in [6.07, 6.45) is 0.385. The molecule has 0 heterocycles. The maximum atomic E-state index is 13.7. The number of nitrogens with two attached hydrogens (primary N) is 1. The molecule has 7 heteroatoms. The number of benzene rings is 2. The SMILES string of the molecule is CCC(CN=C(N)Nc1ccc(OC)c(Cl)c1)Oc1ccccc1F. The van der Waals surface area contributed by atoms with Gasteiger partial charge in [-0.3, -0.25) is 0 Å². The Morgan fingerprint density at radius 2 is 2.04 bits per heavy atom. The molecule has 0 amide bonds. The van der Waals surface area contributed by atoms with Crippen LogP contribution in [-0.4, -0.2) is 25.7 Å². The van der Waals surface area contributed by atoms with Crippen LogP contribution in [-0.2, 0) is 0 Å². The number of nitrogens with one attached hydrogen (secondary N) is 1. The first-order valence-electron chi connectivity index (χ1n) is 7.85. The number of hydrogen-bond acceptors (Lipinski definition) is 3. The average molecular weight is 366 g/mol. The summed E-state index contributed by atoms with van der Waals surface area (Å²) in [4.78, 5) is 4.25. The fraction of sp³-hybridized carbons (Fsp3) is 0.278. The van der Waals surface area contributed by atoms with E-state index in [-0.39, 0.29) is 17.8 Å². The van der Waals surface area contributed by atoms with E-state index in [1.807, 2.05) is 6.92 Å². The summed E-state index contributed by atoms with van der Waals surface area (Å²) in [5.41, 5.74) is 6.58. The van der Waals surface area contributed by atoms with Crippen LogP contribution in [0.25, 0.3) is 0 Å². The van der Waals surface area contributed by atoms with Gasteiger partial charge < -0.3 is 20.5 Å². The van der Waals surface area contributed by atoms with Crippen molar-refractivity contribution in [3.05, 3.63) is 53.3 Å². The number of ether oxygens (including phenoxy) is 2. The summed E-state index contributed by atoms with van der Waals surface area (Å²) in [5.74, 6) is 0.603. The molecule has 0 aliphatic carbocycles. The number of halogens is 2. The highest BCUT2D eigenvalue weighted by Gasteiger charge is 2.11. The molecule has 2 rings (SSSR count). The van der Waals surface area contributed by atoms with E-state index in [2.05, 4.69) is 10.3 Å². The normalized spacial score (nSPS) is 12.6. The number of methoxy groups -OCH3 is 1. The molecule has 134 valence electrons. The number of hydrogen-bond donors (Lipinski definition) is 2. The van der Waals surface area contributed by atoms with Crippen molar-refractivity contribution in [2.45, 2.75) is 19.4 Å². The molecule has 0 aliphatic heterocycles. The van der Waals surface area contributed by atoms with Crippen LogP contribution in [0.1, 0.15) is 13.3 Å². The summed E-state index contributed by atoms with van der Waals surface area (Å²) in [7, 11) is 1.55. The first-order chi connectivity index (χ1) is 12.0. The van der Waals surface area contributed by atoms with E-state index in [9.17, 15) is 4.39 Å². The van der Waals surface area contributed by atoms with Crippen LogP contribution in [0, 0.1) is 5.82 Å². The summed E-state index contributed by atoms with van der Waals surface area (Å²) in [6, 6.07) is 11.5. The van der Waals surface area contributed by atoms with Crippen molar-refractivity contribution in [1.29, 1.82) is 0 Å². The molecule has 3 N–H and O–H groups in total. The first-order valence-corrected chi connectivity index (χ1v) is 8.23. The molecule has 2 aromatic rings. The number of guanidine groups is 1. The Kier molecular flexibility index (Phi) is 6.89. The molecule has 1 atom stereocenters. The fourth-order valence-corrected chi connectivity index (χ4v) is 2.36. The van der Waals surface area contributed by atoms with Crippen LogP contribution in [0.4, 0.5) is 10.1 Å². The molecular weight excluding hydrogens is 345 g/mol. The first kappa shape index (κ1) is 18.9. The number of nitrogens with zero attached hydrogens (tertiary/aromatic N) is 1. The van der Waals surface area contributed by atoms with Crippen molar-refractivity contribution in [1.82, 2.24) is 0 Å². The zero-order chi connectivity index (χ0) is 18.2. The number of rotatable bonds is 7. The van der Waals surface area contributed by atoms with Crippen molar-refractivity contribution in [2.75, 3.05) is 19.0 Å². The quantitative estimate of drug-likeness (QED) is 0.573. The van der Waals surface area contributed by atoms with E-state index < -0.39 is 5.82 Å². The minimum atomic E-state index is -0.399. The maximum Gasteiger partial charge on any atom is 0.193 e. The van der Waals surface area contributed by atoms with Crippen molar-refractivity contribution in [3.8, 4) is 11.5 Å². The van der Waals surface area contributed by atoms with Crippen molar-refractivity contribution in [3.63, 3.8) is 0 Å². The van der Waals surface area contributed by atoms with Gasteiger partial charge in [-0.15, -0.1) is 0 Å². The van der Waals surface area contributed by atoms with Crippen LogP contribution >= 0.6 is 11.6 Å². The number of anilines is 1. The highest BCUT2D eigenvalue weighted by Crippen LogP contribution is 2.27. The Bertz CT molecular complexity index is 740. The zero-order valence-electron chi connectivity index (χ0n) is 14.1. The van der Waals surface area contributed by atoms with Crippen molar-refractivity contribution in [2.24, 2.45) is 10.7 Å². The lowest BCUT2D eigenvalue weighted by atomic mass is 10.2. The Morgan fingerprint density at radius 3 is 2.68 bits per heavy atom. The van der Waals surface area contributed by atoms with Crippen LogP contribution in [0.5, 0.6) is 11.5 Å². The van der Waals surface area contributed by atoms with Crippen LogP contribution in [0.2, 0.25) is 5.02 Å². The Labute approximate surface area is 151 Å². The predicted octanol–water partition coefficient (Wildman–Crippen LogP) is 4.07. The minimum absolute atomic E-state index is 0.206. The molecule has 25 heavy (non-hydrogen) atoms.